The van der Waals surface area contributed by atoms with Crippen molar-refractivity contribution in [3.63, 3.8) is 0 Å². The van der Waals surface area contributed by atoms with Crippen molar-refractivity contribution < 1.29 is 8.78 Å². The summed E-state index contributed by atoms with van der Waals surface area (Å²) in [7, 11) is 0. The summed E-state index contributed by atoms with van der Waals surface area (Å²) in [6.07, 6.45) is 1.87. The van der Waals surface area contributed by atoms with Crippen LogP contribution in [0.25, 0.3) is 5.57 Å². The van der Waals surface area contributed by atoms with Crippen molar-refractivity contribution in [1.82, 2.24) is 4.98 Å². The number of pyridine rings is 1. The molecule has 3 heteroatoms. The van der Waals surface area contributed by atoms with E-state index in [0.717, 1.165) is 0 Å². The summed E-state index contributed by atoms with van der Waals surface area (Å²) in [5.74, 6) is 0. The third kappa shape index (κ3) is 2.27. The van der Waals surface area contributed by atoms with Gasteiger partial charge in [-0.1, -0.05) is 6.58 Å². The maximum absolute atomic E-state index is 11.7. The highest BCUT2D eigenvalue weighted by Crippen LogP contribution is 2.14. The first-order chi connectivity index (χ1) is 5.70. The van der Waals surface area contributed by atoms with Crippen molar-refractivity contribution in [2.45, 2.75) is 0 Å². The van der Waals surface area contributed by atoms with Crippen LogP contribution in [0.15, 0.2) is 37.2 Å². The van der Waals surface area contributed by atoms with Crippen molar-refractivity contribution in [2.75, 3.05) is 0 Å². The third-order valence-corrected chi connectivity index (χ3v) is 1.23. The van der Waals surface area contributed by atoms with E-state index >= 15 is 0 Å². The summed E-state index contributed by atoms with van der Waals surface area (Å²) in [5.41, 5.74) is 0.688. The highest BCUT2D eigenvalue weighted by atomic mass is 19.3. The fraction of sp³-hybridized carbons (Fsp3) is 0. The Balaban J connectivity index is 2.87. The maximum atomic E-state index is 11.7. The maximum Gasteiger partial charge on any atom is 0.270 e. The minimum absolute atomic E-state index is 0.211. The second-order valence-electron chi connectivity index (χ2n) is 2.11. The molecule has 0 bridgehead atoms. The highest BCUT2D eigenvalue weighted by Gasteiger charge is 1.97. The van der Waals surface area contributed by atoms with Crippen molar-refractivity contribution in [2.24, 2.45) is 0 Å². The lowest BCUT2D eigenvalue weighted by atomic mass is 10.1. The third-order valence-electron chi connectivity index (χ3n) is 1.23. The molecule has 0 saturated heterocycles. The number of rotatable bonds is 2. The molecule has 12 heavy (non-hydrogen) atoms. The summed E-state index contributed by atoms with van der Waals surface area (Å²) in [6, 6.07) is 4.28. The molecule has 1 heterocycles. The Bertz CT molecular complexity index is 300. The Hall–Kier alpha value is -1.51. The predicted molar refractivity (Wildman–Crippen MR) is 42.4 cm³/mol. The lowest BCUT2D eigenvalue weighted by molar-refractivity contribution is 0.422. The average molecular weight is 166 g/mol. The summed E-state index contributed by atoms with van der Waals surface area (Å²) in [6.45, 7) is 3.44. The molecule has 0 saturated carbocycles. The van der Waals surface area contributed by atoms with Gasteiger partial charge in [-0.25, -0.2) is 0 Å². The zero-order valence-electron chi connectivity index (χ0n) is 6.22. The molecule has 1 radical (unpaired) electrons. The highest BCUT2D eigenvalue weighted by molar-refractivity contribution is 5.70. The minimum atomic E-state index is -1.77. The van der Waals surface area contributed by atoms with E-state index in [-0.39, 0.29) is 5.57 Å². The van der Waals surface area contributed by atoms with Gasteiger partial charge in [-0.05, 0) is 17.7 Å². The van der Waals surface area contributed by atoms with E-state index in [1.807, 2.05) is 0 Å². The topological polar surface area (TPSA) is 12.9 Å². The molecular weight excluding hydrogens is 160 g/mol. The molecule has 61 valence electrons. The van der Waals surface area contributed by atoms with Gasteiger partial charge in [0.05, 0.1) is 0 Å². The molecule has 0 amide bonds. The molecule has 0 unspecified atom stereocenters. The van der Waals surface area contributed by atoms with Gasteiger partial charge in [0.2, 0.25) is 0 Å². The molecule has 1 nitrogen and oxygen atoms in total. The molecule has 0 aliphatic heterocycles. The van der Waals surface area contributed by atoms with Gasteiger partial charge in [-0.2, -0.15) is 8.78 Å². The number of hydrogen-bond acceptors (Lipinski definition) is 1. The number of aromatic nitrogens is 1. The fourth-order valence-corrected chi connectivity index (χ4v) is 0.710. The first-order valence-corrected chi connectivity index (χ1v) is 3.24. The lowest BCUT2D eigenvalue weighted by Crippen LogP contribution is -1.80. The van der Waals surface area contributed by atoms with E-state index in [1.54, 1.807) is 6.07 Å². The molecule has 0 aliphatic rings. The van der Waals surface area contributed by atoms with Gasteiger partial charge in [-0.3, -0.25) is 4.98 Å². The number of allylic oxidation sites excluding steroid dienone is 2. The van der Waals surface area contributed by atoms with Crippen LogP contribution < -0.4 is 0 Å². The monoisotopic (exact) mass is 166 g/mol. The number of halogens is 2. The molecule has 0 aromatic carbocycles. The fourth-order valence-electron chi connectivity index (χ4n) is 0.710. The molecule has 1 rings (SSSR count). The van der Waals surface area contributed by atoms with E-state index in [4.69, 9.17) is 0 Å². The Kier molecular flexibility index (Phi) is 2.69. The van der Waals surface area contributed by atoms with Crippen LogP contribution in [-0.2, 0) is 0 Å². The van der Waals surface area contributed by atoms with Crippen LogP contribution in [-0.4, -0.2) is 4.98 Å². The molecule has 0 N–H and O–H groups in total. The van der Waals surface area contributed by atoms with Crippen LogP contribution in [0.4, 0.5) is 8.78 Å². The largest absolute Gasteiger partial charge is 0.270 e. The van der Waals surface area contributed by atoms with Gasteiger partial charge in [0.25, 0.3) is 6.08 Å². The van der Waals surface area contributed by atoms with Gasteiger partial charge < -0.3 is 0 Å². The van der Waals surface area contributed by atoms with E-state index in [2.05, 4.69) is 17.6 Å². The van der Waals surface area contributed by atoms with Gasteiger partial charge in [-0.15, -0.1) is 0 Å². The SMILES string of the molecule is C=C(C=C(F)F)c1[c]ccnc1. The minimum Gasteiger partial charge on any atom is -0.264 e. The molecule has 0 spiro atoms. The first kappa shape index (κ1) is 8.59. The van der Waals surface area contributed by atoms with Gasteiger partial charge >= 0.3 is 0 Å². The molecule has 1 aromatic heterocycles. The van der Waals surface area contributed by atoms with Gasteiger partial charge in [0, 0.05) is 24.0 Å². The molecule has 1 aromatic rings. The molecular formula is C9H6F2N. The van der Waals surface area contributed by atoms with Crippen LogP contribution in [0.2, 0.25) is 0 Å². The Morgan fingerprint density at radius 3 is 2.83 bits per heavy atom. The van der Waals surface area contributed by atoms with E-state index in [0.29, 0.717) is 11.6 Å². The quantitative estimate of drug-likeness (QED) is 0.615. The predicted octanol–water partition coefficient (Wildman–Crippen LogP) is 2.68. The molecule has 0 aliphatic carbocycles. The summed E-state index contributed by atoms with van der Waals surface area (Å²) in [4.78, 5) is 3.75. The van der Waals surface area contributed by atoms with Crippen LogP contribution in [0, 0.1) is 6.07 Å². The summed E-state index contributed by atoms with van der Waals surface area (Å²) in [5, 5.41) is 0. The Labute approximate surface area is 69.1 Å². The van der Waals surface area contributed by atoms with E-state index in [1.165, 1.54) is 12.4 Å². The van der Waals surface area contributed by atoms with E-state index in [9.17, 15) is 8.78 Å². The standard InChI is InChI=1S/C9H6F2N/c1-7(5-9(10)11)8-3-2-4-12-6-8/h2,4-6H,1H2. The van der Waals surface area contributed by atoms with Crippen LogP contribution in [0.1, 0.15) is 5.56 Å². The van der Waals surface area contributed by atoms with Crippen LogP contribution in [0.3, 0.4) is 0 Å². The zero-order valence-corrected chi connectivity index (χ0v) is 6.22. The van der Waals surface area contributed by atoms with Crippen LogP contribution in [0.5, 0.6) is 0 Å². The second-order valence-corrected chi connectivity index (χ2v) is 2.11. The van der Waals surface area contributed by atoms with Crippen molar-refractivity contribution in [3.8, 4) is 0 Å². The van der Waals surface area contributed by atoms with Gasteiger partial charge in [0.1, 0.15) is 0 Å². The zero-order chi connectivity index (χ0) is 8.97. The normalized spacial score (nSPS) is 9.17. The van der Waals surface area contributed by atoms with Gasteiger partial charge in [0.15, 0.2) is 0 Å². The smallest absolute Gasteiger partial charge is 0.264 e. The second kappa shape index (κ2) is 3.76. The lowest BCUT2D eigenvalue weighted by Gasteiger charge is -1.95. The Morgan fingerprint density at radius 1 is 1.58 bits per heavy atom. The number of nitrogens with zero attached hydrogens (tertiary/aromatic N) is 1. The molecule has 0 fully saturated rings. The number of hydrogen-bond donors (Lipinski definition) is 0. The molecule has 0 atom stereocenters. The first-order valence-electron chi connectivity index (χ1n) is 3.24. The van der Waals surface area contributed by atoms with Crippen molar-refractivity contribution >= 4 is 5.57 Å². The summed E-state index contributed by atoms with van der Waals surface area (Å²) >= 11 is 0. The average Bonchev–Trinajstić information content (AvgIpc) is 2.05. The van der Waals surface area contributed by atoms with Crippen LogP contribution >= 0.6 is 0 Å². The van der Waals surface area contributed by atoms with Crippen molar-refractivity contribution in [3.05, 3.63) is 48.8 Å². The van der Waals surface area contributed by atoms with Crippen molar-refractivity contribution in [1.29, 1.82) is 0 Å². The van der Waals surface area contributed by atoms with E-state index < -0.39 is 6.08 Å². The summed E-state index contributed by atoms with van der Waals surface area (Å²) < 4.78 is 23.5. The Morgan fingerprint density at radius 2 is 2.33 bits per heavy atom.